The lowest BCUT2D eigenvalue weighted by atomic mass is 9.93. The highest BCUT2D eigenvalue weighted by Gasteiger charge is 2.56. The van der Waals surface area contributed by atoms with Crippen LogP contribution in [0, 0.1) is 0 Å². The monoisotopic (exact) mass is 789 g/mol. The minimum absolute atomic E-state index is 0.683. The third kappa shape index (κ3) is 9.79. The van der Waals surface area contributed by atoms with Gasteiger partial charge in [-0.25, -0.2) is 0 Å². The molecule has 3 amide bonds. The molecular weight excluding hydrogens is 738 g/mol. The summed E-state index contributed by atoms with van der Waals surface area (Å²) < 4.78 is 40.0. The molecule has 24 nitrogen and oxygen atoms in total. The molecule has 0 aromatic carbocycles. The first kappa shape index (κ1) is 44.4. The van der Waals surface area contributed by atoms with Crippen LogP contribution in [0.4, 0.5) is 0 Å². The minimum atomic E-state index is -1.96. The Hall–Kier alpha value is -2.31. The van der Waals surface area contributed by atoms with Crippen molar-refractivity contribution in [3.05, 3.63) is 0 Å². The summed E-state index contributed by atoms with van der Waals surface area (Å²) in [6.45, 7) is -0.232. The Morgan fingerprint density at radius 2 is 0.833 bits per heavy atom. The smallest absolute Gasteiger partial charge is 0.217 e. The van der Waals surface area contributed by atoms with Crippen LogP contribution in [0.5, 0.6) is 0 Å². The van der Waals surface area contributed by atoms with Crippen LogP contribution in [0.15, 0.2) is 0 Å². The summed E-state index contributed by atoms with van der Waals surface area (Å²) in [5.74, 6) is -2.19. The molecule has 24 heteroatoms. The van der Waals surface area contributed by atoms with Crippen LogP contribution >= 0.6 is 0 Å². The van der Waals surface area contributed by atoms with E-state index in [9.17, 15) is 70.6 Å². The average Bonchev–Trinajstić information content (AvgIpc) is 3.11. The van der Waals surface area contributed by atoms with E-state index in [4.69, 9.17) is 33.2 Å². The highest BCUT2D eigenvalue weighted by atomic mass is 16.7. The average molecular weight is 790 g/mol. The van der Waals surface area contributed by atoms with E-state index in [-0.39, 0.29) is 0 Å². The van der Waals surface area contributed by atoms with Gasteiger partial charge in [0.15, 0.2) is 25.2 Å². The third-order valence-corrected chi connectivity index (χ3v) is 9.41. The number of hydrogen-bond donors (Lipinski definition) is 14. The SMILES string of the molecule is CC(=O)N[C@@H]1[C@@H](O[C@H]2O[C@H](CO)[C@H](O[C@H]3O[C@H](CO)[C@@H](O)[C@H](O[C@H]4O[C@H](CO)[C@@H](O)[C@H](O)[C@H]4O)[C@H]3NC(C)=O)[C@H](O)[C@H]2NC(C)=O)[C@@H](O)[C@@H](CO)O[C@@H]1O. The molecule has 14 N–H and O–H groups in total. The summed E-state index contributed by atoms with van der Waals surface area (Å²) in [6.07, 6.45) is -29.4. The zero-order valence-electron chi connectivity index (χ0n) is 29.4. The molecule has 4 aliphatic heterocycles. The van der Waals surface area contributed by atoms with Gasteiger partial charge in [-0.1, -0.05) is 0 Å². The molecule has 0 aliphatic carbocycles. The van der Waals surface area contributed by atoms with E-state index in [2.05, 4.69) is 16.0 Å². The Kier molecular flexibility index (Phi) is 15.8. The van der Waals surface area contributed by atoms with Crippen molar-refractivity contribution < 1.29 is 104 Å². The van der Waals surface area contributed by atoms with Crippen molar-refractivity contribution in [1.82, 2.24) is 16.0 Å². The number of aliphatic hydroxyl groups is 11. The van der Waals surface area contributed by atoms with E-state index in [0.717, 1.165) is 20.8 Å². The molecule has 54 heavy (non-hydrogen) atoms. The molecular formula is C30H51N3O21. The van der Waals surface area contributed by atoms with Crippen molar-refractivity contribution in [2.75, 3.05) is 26.4 Å². The Labute approximate surface area is 307 Å². The van der Waals surface area contributed by atoms with Gasteiger partial charge in [0, 0.05) is 20.8 Å². The normalized spacial score (nSPS) is 45.7. The summed E-state index contributed by atoms with van der Waals surface area (Å²) in [5, 5.41) is 122. The molecule has 4 aliphatic rings. The molecule has 0 aromatic heterocycles. The van der Waals surface area contributed by atoms with Crippen molar-refractivity contribution >= 4 is 17.7 Å². The molecule has 4 rings (SSSR count). The van der Waals surface area contributed by atoms with Gasteiger partial charge >= 0.3 is 0 Å². The molecule has 0 aromatic rings. The predicted molar refractivity (Wildman–Crippen MR) is 169 cm³/mol. The second kappa shape index (κ2) is 19.2. The molecule has 0 spiro atoms. The zero-order valence-corrected chi connectivity index (χ0v) is 29.4. The van der Waals surface area contributed by atoms with Gasteiger partial charge in [0.25, 0.3) is 0 Å². The number of ether oxygens (including phenoxy) is 7. The lowest BCUT2D eigenvalue weighted by Gasteiger charge is -2.51. The highest BCUT2D eigenvalue weighted by Crippen LogP contribution is 2.34. The molecule has 0 radical (unpaired) electrons. The van der Waals surface area contributed by atoms with E-state index >= 15 is 0 Å². The summed E-state index contributed by atoms with van der Waals surface area (Å²) in [6, 6.07) is -4.69. The third-order valence-electron chi connectivity index (χ3n) is 9.41. The maximum absolute atomic E-state index is 12.4. The maximum atomic E-state index is 12.4. The highest BCUT2D eigenvalue weighted by molar-refractivity contribution is 5.74. The van der Waals surface area contributed by atoms with Gasteiger partial charge in [-0.05, 0) is 0 Å². The van der Waals surface area contributed by atoms with Gasteiger partial charge < -0.3 is 105 Å². The fraction of sp³-hybridized carbons (Fsp3) is 0.900. The van der Waals surface area contributed by atoms with Crippen LogP contribution in [0.2, 0.25) is 0 Å². The van der Waals surface area contributed by atoms with Gasteiger partial charge in [0.05, 0.1) is 26.4 Å². The van der Waals surface area contributed by atoms with Crippen LogP contribution in [0.3, 0.4) is 0 Å². The van der Waals surface area contributed by atoms with E-state index in [1.54, 1.807) is 0 Å². The lowest BCUT2D eigenvalue weighted by molar-refractivity contribution is -0.365. The molecule has 4 heterocycles. The number of carbonyl (C=O) groups is 3. The van der Waals surface area contributed by atoms with Crippen molar-refractivity contribution in [3.8, 4) is 0 Å². The van der Waals surface area contributed by atoms with E-state index in [1.807, 2.05) is 0 Å². The van der Waals surface area contributed by atoms with E-state index in [1.165, 1.54) is 0 Å². The number of aliphatic hydroxyl groups excluding tert-OH is 11. The summed E-state index contributed by atoms with van der Waals surface area (Å²) in [5.41, 5.74) is 0. The van der Waals surface area contributed by atoms with Crippen LogP contribution in [-0.4, -0.2) is 223 Å². The Balaban J connectivity index is 1.65. The molecule has 4 fully saturated rings. The summed E-state index contributed by atoms with van der Waals surface area (Å²) in [4.78, 5) is 36.7. The van der Waals surface area contributed by atoms with Gasteiger partial charge in [-0.3, -0.25) is 14.4 Å². The van der Waals surface area contributed by atoms with Crippen molar-refractivity contribution in [2.24, 2.45) is 0 Å². The van der Waals surface area contributed by atoms with Crippen molar-refractivity contribution in [1.29, 1.82) is 0 Å². The van der Waals surface area contributed by atoms with Gasteiger partial charge in [0.1, 0.15) is 97.5 Å². The molecule has 312 valence electrons. The fourth-order valence-corrected chi connectivity index (χ4v) is 6.75. The topological polar surface area (TPSA) is 374 Å². The van der Waals surface area contributed by atoms with Crippen LogP contribution < -0.4 is 16.0 Å². The van der Waals surface area contributed by atoms with Crippen molar-refractivity contribution in [3.63, 3.8) is 0 Å². The van der Waals surface area contributed by atoms with Gasteiger partial charge in [0.2, 0.25) is 17.7 Å². The van der Waals surface area contributed by atoms with E-state index in [0.29, 0.717) is 0 Å². The van der Waals surface area contributed by atoms with Gasteiger partial charge in [-0.15, -0.1) is 0 Å². The Morgan fingerprint density at radius 1 is 0.444 bits per heavy atom. The van der Waals surface area contributed by atoms with Crippen LogP contribution in [0.25, 0.3) is 0 Å². The van der Waals surface area contributed by atoms with Crippen LogP contribution in [0.1, 0.15) is 20.8 Å². The zero-order chi connectivity index (χ0) is 40.2. The second-order valence-corrected chi connectivity index (χ2v) is 13.3. The number of nitrogens with one attached hydrogen (secondary N) is 3. The fourth-order valence-electron chi connectivity index (χ4n) is 6.75. The first-order chi connectivity index (χ1) is 25.5. The predicted octanol–water partition coefficient (Wildman–Crippen LogP) is -9.32. The molecule has 20 atom stereocenters. The minimum Gasteiger partial charge on any atom is -0.394 e. The summed E-state index contributed by atoms with van der Waals surface area (Å²) >= 11 is 0. The first-order valence-electron chi connectivity index (χ1n) is 17.1. The molecule has 4 saturated heterocycles. The first-order valence-corrected chi connectivity index (χ1v) is 17.1. The number of hydrogen-bond acceptors (Lipinski definition) is 21. The number of carbonyl (C=O) groups excluding carboxylic acids is 3. The largest absolute Gasteiger partial charge is 0.394 e. The van der Waals surface area contributed by atoms with Gasteiger partial charge in [-0.2, -0.15) is 0 Å². The number of amides is 3. The standard InChI is InChI=1S/C30H51N3O21/c1-8(38)31-15-21(44)24(14(7-37)51-28(15)53-25-16(32-9(2)39)27(47)48-12(5-35)19(25)42)52-29-17(33-10(3)40)26(20(43)13(6-36)49-29)54-30-23(46)22(45)18(41)11(4-34)50-30/h11-30,34-37,41-47H,4-7H2,1-3H3,(H,31,38)(H,32,39)(H,33,40)/t11-,12-,13-,14-,15-,16-,17-,18-,19+,20-,21-,22+,23-,24+,25-,26-,27+,28-,29-,30-/m1/s1. The van der Waals surface area contributed by atoms with Crippen LogP contribution in [-0.2, 0) is 47.5 Å². The summed E-state index contributed by atoms with van der Waals surface area (Å²) in [7, 11) is 0. The maximum Gasteiger partial charge on any atom is 0.217 e. The lowest BCUT2D eigenvalue weighted by Crippen LogP contribution is -2.71. The Morgan fingerprint density at radius 3 is 1.37 bits per heavy atom. The number of rotatable bonds is 13. The second-order valence-electron chi connectivity index (χ2n) is 13.3. The quantitative estimate of drug-likeness (QED) is 0.0823. The van der Waals surface area contributed by atoms with E-state index < -0.39 is 167 Å². The molecule has 0 bridgehead atoms. The molecule has 0 unspecified atom stereocenters. The van der Waals surface area contributed by atoms with Crippen molar-refractivity contribution in [2.45, 2.75) is 143 Å². The molecule has 0 saturated carbocycles. The Bertz CT molecular complexity index is 1250.